The molecule has 0 spiro atoms. The lowest BCUT2D eigenvalue weighted by molar-refractivity contribution is -0.134. The second-order valence-electron chi connectivity index (χ2n) is 5.16. The third-order valence-electron chi connectivity index (χ3n) is 3.57. The number of piperidine rings is 1. The van der Waals surface area contributed by atoms with Crippen molar-refractivity contribution < 1.29 is 13.2 Å². The third kappa shape index (κ3) is 3.70. The van der Waals surface area contributed by atoms with Crippen LogP contribution < -0.4 is 5.73 Å². The molecule has 2 heterocycles. The summed E-state index contributed by atoms with van der Waals surface area (Å²) in [5.74, 6) is 0. The zero-order valence-corrected chi connectivity index (χ0v) is 11.7. The fourth-order valence-corrected chi connectivity index (χ4v) is 3.52. The van der Waals surface area contributed by atoms with Gasteiger partial charge >= 0.3 is 6.18 Å². The summed E-state index contributed by atoms with van der Waals surface area (Å²) < 4.78 is 37.7. The van der Waals surface area contributed by atoms with Gasteiger partial charge in [0.2, 0.25) is 0 Å². The van der Waals surface area contributed by atoms with Crippen LogP contribution >= 0.6 is 11.3 Å². The van der Waals surface area contributed by atoms with Crippen molar-refractivity contribution in [3.05, 3.63) is 21.9 Å². The average molecular weight is 292 g/mol. The van der Waals surface area contributed by atoms with Crippen LogP contribution in [-0.4, -0.2) is 23.5 Å². The first kappa shape index (κ1) is 14.8. The average Bonchev–Trinajstić information content (AvgIpc) is 2.77. The van der Waals surface area contributed by atoms with Gasteiger partial charge in [0.05, 0.1) is 0 Å². The van der Waals surface area contributed by atoms with Crippen molar-refractivity contribution in [3.8, 4) is 0 Å². The van der Waals surface area contributed by atoms with E-state index >= 15 is 0 Å². The molecule has 0 saturated carbocycles. The molecule has 0 radical (unpaired) electrons. The van der Waals surface area contributed by atoms with Crippen LogP contribution in [0.4, 0.5) is 13.2 Å². The summed E-state index contributed by atoms with van der Waals surface area (Å²) in [6.45, 7) is 3.47. The van der Waals surface area contributed by atoms with Crippen LogP contribution in [0.3, 0.4) is 0 Å². The molecule has 1 aromatic rings. The quantitative estimate of drug-likeness (QED) is 0.924. The molecule has 2 unspecified atom stereocenters. The molecule has 0 aromatic carbocycles. The normalized spacial score (nSPS) is 23.5. The molecular formula is C13H19F3N2S. The molecule has 0 bridgehead atoms. The molecule has 1 aliphatic heterocycles. The van der Waals surface area contributed by atoms with E-state index in [-0.39, 0.29) is 12.1 Å². The van der Waals surface area contributed by atoms with Crippen molar-refractivity contribution in [2.75, 3.05) is 6.54 Å². The topological polar surface area (TPSA) is 29.3 Å². The van der Waals surface area contributed by atoms with E-state index in [9.17, 15) is 13.2 Å². The lowest BCUT2D eigenvalue weighted by atomic mass is 9.97. The Morgan fingerprint density at radius 2 is 2.16 bits per heavy atom. The van der Waals surface area contributed by atoms with E-state index in [0.29, 0.717) is 6.54 Å². The molecule has 0 aliphatic carbocycles. The fourth-order valence-electron chi connectivity index (χ4n) is 2.62. The molecule has 6 heteroatoms. The second kappa shape index (κ2) is 5.81. The smallest absolute Gasteiger partial charge is 0.327 e. The van der Waals surface area contributed by atoms with Gasteiger partial charge in [0, 0.05) is 23.5 Å². The maximum Gasteiger partial charge on any atom is 0.425 e. The first-order chi connectivity index (χ1) is 8.88. The molecule has 19 heavy (non-hydrogen) atoms. The lowest BCUT2D eigenvalue weighted by Gasteiger charge is -2.37. The van der Waals surface area contributed by atoms with E-state index in [1.807, 2.05) is 6.92 Å². The van der Waals surface area contributed by atoms with Crippen LogP contribution in [0.5, 0.6) is 0 Å². The number of halogens is 3. The maximum atomic E-state index is 12.6. The number of nitrogens with two attached hydrogens (primary N) is 1. The number of hydrogen-bond donors (Lipinski definition) is 1. The molecule has 108 valence electrons. The first-order valence-electron chi connectivity index (χ1n) is 6.53. The predicted octanol–water partition coefficient (Wildman–Crippen LogP) is 3.47. The summed E-state index contributed by atoms with van der Waals surface area (Å²) in [6.07, 6.45) is -0.942. The zero-order chi connectivity index (χ0) is 14.0. The van der Waals surface area contributed by atoms with Gasteiger partial charge < -0.3 is 5.73 Å². The molecule has 2 N–H and O–H groups in total. The van der Waals surface area contributed by atoms with Gasteiger partial charge in [-0.05, 0) is 38.4 Å². The summed E-state index contributed by atoms with van der Waals surface area (Å²) >= 11 is 0.840. The zero-order valence-electron chi connectivity index (χ0n) is 10.9. The number of likely N-dealkylation sites (tertiary alicyclic amines) is 1. The van der Waals surface area contributed by atoms with Crippen molar-refractivity contribution in [3.63, 3.8) is 0 Å². The molecule has 1 saturated heterocycles. The van der Waals surface area contributed by atoms with Gasteiger partial charge in [-0.1, -0.05) is 6.42 Å². The molecule has 2 nitrogen and oxygen atoms in total. The molecular weight excluding hydrogens is 273 g/mol. The number of nitrogens with zero attached hydrogens (tertiary/aromatic N) is 1. The van der Waals surface area contributed by atoms with E-state index < -0.39 is 11.1 Å². The minimum absolute atomic E-state index is 0.0577. The lowest BCUT2D eigenvalue weighted by Crippen LogP contribution is -2.48. The highest BCUT2D eigenvalue weighted by atomic mass is 32.1. The van der Waals surface area contributed by atoms with Gasteiger partial charge in [0.15, 0.2) is 0 Å². The summed E-state index contributed by atoms with van der Waals surface area (Å²) in [7, 11) is 0. The van der Waals surface area contributed by atoms with E-state index in [1.165, 1.54) is 6.07 Å². The highest BCUT2D eigenvalue weighted by molar-refractivity contribution is 7.12. The largest absolute Gasteiger partial charge is 0.425 e. The first-order valence-corrected chi connectivity index (χ1v) is 7.35. The molecule has 1 aromatic heterocycles. The number of rotatable bonds is 3. The van der Waals surface area contributed by atoms with E-state index in [0.717, 1.165) is 42.0 Å². The Morgan fingerprint density at radius 3 is 2.74 bits per heavy atom. The summed E-state index contributed by atoms with van der Waals surface area (Å²) in [4.78, 5) is 2.47. The Morgan fingerprint density at radius 1 is 1.42 bits per heavy atom. The van der Waals surface area contributed by atoms with Gasteiger partial charge in [0.1, 0.15) is 4.88 Å². The predicted molar refractivity (Wildman–Crippen MR) is 71.0 cm³/mol. The van der Waals surface area contributed by atoms with Crippen LogP contribution in [0.1, 0.15) is 35.9 Å². The van der Waals surface area contributed by atoms with Gasteiger partial charge in [-0.2, -0.15) is 13.2 Å². The number of hydrogen-bond acceptors (Lipinski definition) is 3. The Labute approximate surface area is 115 Å². The Hall–Kier alpha value is -0.590. The fraction of sp³-hybridized carbons (Fsp3) is 0.692. The molecule has 0 amide bonds. The minimum Gasteiger partial charge on any atom is -0.327 e. The number of alkyl halides is 3. The summed E-state index contributed by atoms with van der Waals surface area (Å²) in [5, 5.41) is 0. The SMILES string of the molecule is CC(N)C1CCCCN1Cc1ccc(C(F)(F)F)s1. The number of thiophene rings is 1. The Balaban J connectivity index is 2.05. The standard InChI is InChI=1S/C13H19F3N2S/c1-9(17)11-4-2-3-7-18(11)8-10-5-6-12(19-10)13(14,15)16/h5-6,9,11H,2-4,7-8,17H2,1H3. The highest BCUT2D eigenvalue weighted by Crippen LogP contribution is 2.35. The van der Waals surface area contributed by atoms with Crippen molar-refractivity contribution in [1.82, 2.24) is 4.90 Å². The van der Waals surface area contributed by atoms with E-state index in [4.69, 9.17) is 5.73 Å². The molecule has 1 aliphatic rings. The molecule has 1 fully saturated rings. The summed E-state index contributed by atoms with van der Waals surface area (Å²) in [6, 6.07) is 3.10. The molecule has 2 atom stereocenters. The van der Waals surface area contributed by atoms with Gasteiger partial charge in [-0.15, -0.1) is 11.3 Å². The van der Waals surface area contributed by atoms with Crippen LogP contribution in [-0.2, 0) is 12.7 Å². The van der Waals surface area contributed by atoms with Gasteiger partial charge in [0.25, 0.3) is 0 Å². The third-order valence-corrected chi connectivity index (χ3v) is 4.69. The van der Waals surface area contributed by atoms with Crippen molar-refractivity contribution in [2.24, 2.45) is 5.73 Å². The monoisotopic (exact) mass is 292 g/mol. The van der Waals surface area contributed by atoms with E-state index in [2.05, 4.69) is 4.90 Å². The van der Waals surface area contributed by atoms with Crippen LogP contribution in [0.2, 0.25) is 0 Å². The maximum absolute atomic E-state index is 12.6. The van der Waals surface area contributed by atoms with Crippen molar-refractivity contribution in [1.29, 1.82) is 0 Å². The van der Waals surface area contributed by atoms with E-state index in [1.54, 1.807) is 6.07 Å². The van der Waals surface area contributed by atoms with Gasteiger partial charge in [-0.3, -0.25) is 4.90 Å². The second-order valence-corrected chi connectivity index (χ2v) is 6.32. The minimum atomic E-state index is -4.23. The van der Waals surface area contributed by atoms with Crippen LogP contribution in [0, 0.1) is 0 Å². The highest BCUT2D eigenvalue weighted by Gasteiger charge is 2.33. The Bertz CT molecular complexity index is 414. The molecule has 2 rings (SSSR count). The van der Waals surface area contributed by atoms with Crippen LogP contribution in [0.25, 0.3) is 0 Å². The Kier molecular flexibility index (Phi) is 4.53. The van der Waals surface area contributed by atoms with Crippen molar-refractivity contribution >= 4 is 11.3 Å². The van der Waals surface area contributed by atoms with Gasteiger partial charge in [-0.25, -0.2) is 0 Å². The summed E-state index contributed by atoms with van der Waals surface area (Å²) in [5.41, 5.74) is 5.97. The van der Waals surface area contributed by atoms with Crippen LogP contribution in [0.15, 0.2) is 12.1 Å². The van der Waals surface area contributed by atoms with Crippen molar-refractivity contribution in [2.45, 2.75) is 51.0 Å².